The van der Waals surface area contributed by atoms with E-state index in [2.05, 4.69) is 6.58 Å². The van der Waals surface area contributed by atoms with E-state index >= 15 is 0 Å². The van der Waals surface area contributed by atoms with Gasteiger partial charge < -0.3 is 15.4 Å². The Labute approximate surface area is 113 Å². The predicted octanol–water partition coefficient (Wildman–Crippen LogP) is -7.25. The first-order valence-corrected chi connectivity index (χ1v) is 1.11. The fourth-order valence-electron chi connectivity index (χ4n) is 0. The molecule has 1 N–H and O–H groups in total. The fourth-order valence-corrected chi connectivity index (χ4v) is 0. The summed E-state index contributed by atoms with van der Waals surface area (Å²) >= 11 is 0. The van der Waals surface area contributed by atoms with E-state index in [9.17, 15) is 0 Å². The van der Waals surface area contributed by atoms with E-state index in [0.29, 0.717) is 0 Å². The minimum atomic E-state index is -1.23. The molecular weight excluding hydrogens is 146 g/mol. The minimum absolute atomic E-state index is 0. The average Bonchev–Trinajstić information content (AvgIpc) is 1.38. The van der Waals surface area contributed by atoms with E-state index in [1.165, 1.54) is 0 Å². The topological polar surface area (TPSA) is 70.1 Å². The van der Waals surface area contributed by atoms with Gasteiger partial charge in [0.25, 0.3) is 0 Å². The Hall–Kier alpha value is 1.81. The number of aliphatic carboxylic acids is 1. The van der Waals surface area contributed by atoms with Crippen LogP contribution in [0.2, 0.25) is 0 Å². The van der Waals surface area contributed by atoms with Crippen molar-refractivity contribution in [1.82, 2.24) is 0 Å². The first-order chi connectivity index (χ1) is 2.27. The molecule has 36 valence electrons. The zero-order valence-electron chi connectivity index (χ0n) is 5.05. The number of carboxylic acid groups (broad SMARTS) is 1. The van der Waals surface area contributed by atoms with Crippen molar-refractivity contribution in [2.75, 3.05) is 0 Å². The molecule has 3 nitrogen and oxygen atoms in total. The van der Waals surface area contributed by atoms with Gasteiger partial charge in [-0.3, -0.25) is 0 Å². The van der Waals surface area contributed by atoms with Gasteiger partial charge in [-0.25, -0.2) is 0 Å². The van der Waals surface area contributed by atoms with Crippen molar-refractivity contribution in [2.24, 2.45) is 0 Å². The Morgan fingerprint density at radius 3 is 1.75 bits per heavy atom. The summed E-state index contributed by atoms with van der Waals surface area (Å²) in [7, 11) is 0. The van der Waals surface area contributed by atoms with E-state index < -0.39 is 5.97 Å². The second-order valence-corrected chi connectivity index (χ2v) is 0.523. The number of carbonyl (C=O) groups excluding carboxylic acids is 1. The van der Waals surface area contributed by atoms with Crippen molar-refractivity contribution in [3.8, 4) is 0 Å². The van der Waals surface area contributed by atoms with Gasteiger partial charge in [-0.15, -0.1) is 0 Å². The molecule has 0 amide bonds. The van der Waals surface area contributed by atoms with Gasteiger partial charge in [0.15, 0.2) is 0 Å². The molecule has 0 aromatic rings. The van der Waals surface area contributed by atoms with Crippen molar-refractivity contribution < 1.29 is 96.3 Å². The van der Waals surface area contributed by atoms with Crippen LogP contribution in [-0.4, -0.2) is 11.4 Å². The Balaban J connectivity index is -0.0000000267. The summed E-state index contributed by atoms with van der Waals surface area (Å²) in [4.78, 5) is 9.14. The third-order valence-corrected chi connectivity index (χ3v) is 0.167. The molecule has 0 aliphatic rings. The van der Waals surface area contributed by atoms with Crippen molar-refractivity contribution in [3.05, 3.63) is 12.7 Å². The number of carbonyl (C=O) groups is 1. The van der Waals surface area contributed by atoms with Crippen LogP contribution in [0.15, 0.2) is 12.7 Å². The molecule has 0 fully saturated rings. The van der Waals surface area contributed by atoms with Crippen LogP contribution in [-0.2, 0) is 4.79 Å². The van der Waals surface area contributed by atoms with Crippen LogP contribution in [0.1, 0.15) is 0 Å². The molecule has 5 heteroatoms. The third-order valence-electron chi connectivity index (χ3n) is 0.167. The van der Waals surface area contributed by atoms with Crippen LogP contribution in [0, 0.1) is 0 Å². The van der Waals surface area contributed by atoms with Gasteiger partial charge in [0.05, 0.1) is 5.97 Å². The summed E-state index contributed by atoms with van der Waals surface area (Å²) in [5, 5.41) is 9.14. The maximum atomic E-state index is 9.14. The number of hydrogen-bond acceptors (Lipinski definition) is 3. The molecule has 0 radical (unpaired) electrons. The third kappa shape index (κ3) is 25.0. The molecule has 0 aliphatic heterocycles. The zero-order valence-corrected chi connectivity index (χ0v) is 10.2. The predicted molar refractivity (Wildman–Crippen MR) is 17.1 cm³/mol. The van der Waals surface area contributed by atoms with Crippen molar-refractivity contribution in [2.45, 2.75) is 0 Å². The van der Waals surface area contributed by atoms with Crippen molar-refractivity contribution in [3.63, 3.8) is 0 Å². The van der Waals surface area contributed by atoms with Gasteiger partial charge in [0.1, 0.15) is 0 Å². The summed E-state index contributed by atoms with van der Waals surface area (Å²) in [6.45, 7) is 2.90. The van der Waals surface area contributed by atoms with Crippen LogP contribution in [0.25, 0.3) is 0 Å². The number of rotatable bonds is 1. The summed E-state index contributed by atoms with van der Waals surface area (Å²) in [6, 6.07) is 0. The van der Waals surface area contributed by atoms with Gasteiger partial charge in [-0.05, 0) is 6.08 Å². The van der Waals surface area contributed by atoms with Gasteiger partial charge in [-0.1, -0.05) is 6.58 Å². The second kappa shape index (κ2) is 15.9. The maximum absolute atomic E-state index is 9.14. The van der Waals surface area contributed by atoms with Gasteiger partial charge >= 0.3 is 80.9 Å². The molecule has 0 rings (SSSR count). The molecule has 0 heterocycles. The maximum Gasteiger partial charge on any atom is 1.00 e. The monoisotopic (exact) mass is 150 g/mol. The van der Waals surface area contributed by atoms with E-state index in [1.807, 2.05) is 0 Å². The summed E-state index contributed by atoms with van der Waals surface area (Å²) in [5.41, 5.74) is 0. The molecule has 0 saturated heterocycles. The quantitative estimate of drug-likeness (QED) is 0.275. The minimum Gasteiger partial charge on any atom is -0.870 e. The van der Waals surface area contributed by atoms with Crippen LogP contribution >= 0.6 is 0 Å². The standard InChI is InChI=1S/C3H4O2.K.Na.H2O/c1-2-3(4)5;;;/h2H,1H2,(H,4,5);;;1H2/q;2*+1;/p-2. The molecule has 0 unspecified atom stereocenters. The van der Waals surface area contributed by atoms with E-state index in [-0.39, 0.29) is 86.4 Å². The number of hydrogen-bond donors (Lipinski definition) is 0. The first-order valence-electron chi connectivity index (χ1n) is 1.11. The largest absolute Gasteiger partial charge is 1.00 e. The molecule has 0 aromatic heterocycles. The molecule has 0 saturated carbocycles. The smallest absolute Gasteiger partial charge is 0.870 e. The van der Waals surface area contributed by atoms with Crippen LogP contribution in [0.3, 0.4) is 0 Å². The number of carboxylic acids is 1. The van der Waals surface area contributed by atoms with Gasteiger partial charge in [0, 0.05) is 0 Å². The van der Waals surface area contributed by atoms with Gasteiger partial charge in [0.2, 0.25) is 0 Å². The fraction of sp³-hybridized carbons (Fsp3) is 0. The summed E-state index contributed by atoms with van der Waals surface area (Å²) in [5.74, 6) is -1.23. The Bertz CT molecular complexity index is 65.5. The van der Waals surface area contributed by atoms with E-state index in [1.54, 1.807) is 0 Å². The Morgan fingerprint density at radius 1 is 1.62 bits per heavy atom. The van der Waals surface area contributed by atoms with Crippen molar-refractivity contribution >= 4 is 5.97 Å². The van der Waals surface area contributed by atoms with E-state index in [4.69, 9.17) is 9.90 Å². The van der Waals surface area contributed by atoms with Gasteiger partial charge in [-0.2, -0.15) is 0 Å². The molecule has 0 spiro atoms. The molecule has 8 heavy (non-hydrogen) atoms. The van der Waals surface area contributed by atoms with Crippen LogP contribution < -0.4 is 86.0 Å². The zero-order chi connectivity index (χ0) is 4.28. The summed E-state index contributed by atoms with van der Waals surface area (Å²) in [6.07, 6.45) is 0.722. The molecule has 0 bridgehead atoms. The normalized spacial score (nSPS) is 4.00. The Kier molecular flexibility index (Phi) is 44.9. The van der Waals surface area contributed by atoms with E-state index in [0.717, 1.165) is 6.08 Å². The van der Waals surface area contributed by atoms with Crippen LogP contribution in [0.4, 0.5) is 0 Å². The average molecular weight is 150 g/mol. The van der Waals surface area contributed by atoms with Crippen molar-refractivity contribution in [1.29, 1.82) is 0 Å². The SMILES string of the molecule is C=CC(=O)[O-].[K+].[Na+].[OH-]. The molecule has 0 aliphatic carbocycles. The Morgan fingerprint density at radius 2 is 1.75 bits per heavy atom. The molecule has 0 aromatic carbocycles. The van der Waals surface area contributed by atoms with Crippen LogP contribution in [0.5, 0.6) is 0 Å². The second-order valence-electron chi connectivity index (χ2n) is 0.523. The summed E-state index contributed by atoms with van der Waals surface area (Å²) < 4.78 is 0. The molecular formula is C3H4KNaO3. The first kappa shape index (κ1) is 22.6. The molecule has 0 atom stereocenters.